The summed E-state index contributed by atoms with van der Waals surface area (Å²) in [4.78, 5) is 11.1. The number of carboxylic acids is 1. The minimum Gasteiger partial charge on any atom is -0.490 e. The quantitative estimate of drug-likeness (QED) is 0.789. The van der Waals surface area contributed by atoms with Crippen LogP contribution < -0.4 is 14.8 Å². The van der Waals surface area contributed by atoms with Crippen molar-refractivity contribution in [2.45, 2.75) is 24.2 Å². The van der Waals surface area contributed by atoms with Crippen LogP contribution in [0.4, 0.5) is 0 Å². The third kappa shape index (κ3) is 4.46. The minimum absolute atomic E-state index is 0.0523. The molecule has 0 aliphatic carbocycles. The fourth-order valence-electron chi connectivity index (χ4n) is 2.63. The largest absolute Gasteiger partial charge is 0.490 e. The predicted molar refractivity (Wildman–Crippen MR) is 98.1 cm³/mol. The maximum absolute atomic E-state index is 11.1. The molecule has 0 bridgehead atoms. The normalized spacial score (nSPS) is 19.6. The van der Waals surface area contributed by atoms with Crippen molar-refractivity contribution in [1.29, 1.82) is 0 Å². The van der Waals surface area contributed by atoms with E-state index in [2.05, 4.69) is 5.32 Å². The van der Waals surface area contributed by atoms with Gasteiger partial charge < -0.3 is 14.6 Å². The monoisotopic (exact) mass is 359 g/mol. The number of carbonyl (C=O) groups is 1. The second-order valence-electron chi connectivity index (χ2n) is 5.66. The number of rotatable bonds is 7. The van der Waals surface area contributed by atoms with Crippen molar-refractivity contribution >= 4 is 17.7 Å². The highest BCUT2D eigenvalue weighted by Crippen LogP contribution is 2.39. The molecule has 0 amide bonds. The lowest BCUT2D eigenvalue weighted by atomic mass is 10.2. The second kappa shape index (κ2) is 8.27. The molecule has 0 aromatic heterocycles. The van der Waals surface area contributed by atoms with E-state index in [4.69, 9.17) is 14.6 Å². The summed E-state index contributed by atoms with van der Waals surface area (Å²) in [5.41, 5.74) is 2.08. The van der Waals surface area contributed by atoms with Gasteiger partial charge in [0.15, 0.2) is 11.5 Å². The Bertz CT molecular complexity index is 723. The van der Waals surface area contributed by atoms with Gasteiger partial charge in [-0.25, -0.2) is 0 Å². The average molecular weight is 359 g/mol. The van der Waals surface area contributed by atoms with Crippen LogP contribution in [-0.2, 0) is 11.4 Å². The number of thioether (sulfide) groups is 1. The summed E-state index contributed by atoms with van der Waals surface area (Å²) >= 11 is 1.41. The van der Waals surface area contributed by atoms with Crippen molar-refractivity contribution in [1.82, 2.24) is 5.32 Å². The molecule has 1 aliphatic heterocycles. The lowest BCUT2D eigenvalue weighted by Crippen LogP contribution is -2.21. The zero-order chi connectivity index (χ0) is 17.6. The Morgan fingerprint density at radius 1 is 1.20 bits per heavy atom. The summed E-state index contributed by atoms with van der Waals surface area (Å²) < 4.78 is 11.6. The molecule has 2 aromatic carbocycles. The number of ether oxygens (including phenoxy) is 2. The van der Waals surface area contributed by atoms with E-state index in [-0.39, 0.29) is 5.37 Å². The van der Waals surface area contributed by atoms with Gasteiger partial charge in [0.05, 0.1) is 12.0 Å². The van der Waals surface area contributed by atoms with Crippen LogP contribution in [-0.4, -0.2) is 29.5 Å². The fraction of sp³-hybridized carbons (Fsp3) is 0.316. The zero-order valence-corrected chi connectivity index (χ0v) is 14.8. The summed E-state index contributed by atoms with van der Waals surface area (Å²) in [5.74, 6) is 0.581. The van der Waals surface area contributed by atoms with Crippen molar-refractivity contribution in [3.8, 4) is 11.5 Å². The molecule has 1 fully saturated rings. The predicted octanol–water partition coefficient (Wildman–Crippen LogP) is 3.45. The standard InChI is InChI=1S/C19H21NO4S/c1-2-23-16-10-14(18-20-11-17(25-18)19(21)22)8-9-15(16)24-12-13-6-4-3-5-7-13/h3-10,17-18,20H,2,11-12H2,1H3,(H,21,22)/t17-,18+/m1/s1. The first-order chi connectivity index (χ1) is 12.2. The van der Waals surface area contributed by atoms with E-state index in [1.165, 1.54) is 11.8 Å². The Balaban J connectivity index is 1.73. The van der Waals surface area contributed by atoms with Gasteiger partial charge in [0.2, 0.25) is 0 Å². The lowest BCUT2D eigenvalue weighted by molar-refractivity contribution is -0.136. The van der Waals surface area contributed by atoms with Crippen LogP contribution in [0.2, 0.25) is 0 Å². The molecule has 5 nitrogen and oxygen atoms in total. The van der Waals surface area contributed by atoms with Crippen LogP contribution in [0.3, 0.4) is 0 Å². The van der Waals surface area contributed by atoms with Crippen molar-refractivity contribution in [2.24, 2.45) is 0 Å². The number of carboxylic acid groups (broad SMARTS) is 1. The topological polar surface area (TPSA) is 67.8 Å². The average Bonchev–Trinajstić information content (AvgIpc) is 3.12. The molecule has 1 heterocycles. The van der Waals surface area contributed by atoms with Crippen molar-refractivity contribution < 1.29 is 19.4 Å². The fourth-order valence-corrected chi connectivity index (χ4v) is 3.76. The molecule has 0 unspecified atom stereocenters. The van der Waals surface area contributed by atoms with E-state index in [0.29, 0.717) is 31.3 Å². The van der Waals surface area contributed by atoms with E-state index in [1.807, 2.05) is 55.5 Å². The number of hydrogen-bond acceptors (Lipinski definition) is 5. The van der Waals surface area contributed by atoms with E-state index in [9.17, 15) is 4.79 Å². The highest BCUT2D eigenvalue weighted by Gasteiger charge is 2.31. The Morgan fingerprint density at radius 2 is 2.00 bits per heavy atom. The molecule has 0 saturated carbocycles. The molecule has 1 saturated heterocycles. The minimum atomic E-state index is -0.784. The van der Waals surface area contributed by atoms with Gasteiger partial charge in [-0.2, -0.15) is 0 Å². The summed E-state index contributed by atoms with van der Waals surface area (Å²) in [6.07, 6.45) is 0. The van der Waals surface area contributed by atoms with Crippen LogP contribution in [0.5, 0.6) is 11.5 Å². The van der Waals surface area contributed by atoms with Crippen LogP contribution in [0.25, 0.3) is 0 Å². The maximum Gasteiger partial charge on any atom is 0.318 e. The van der Waals surface area contributed by atoms with Crippen LogP contribution in [0.15, 0.2) is 48.5 Å². The highest BCUT2D eigenvalue weighted by molar-refractivity contribution is 8.01. The van der Waals surface area contributed by atoms with Gasteiger partial charge in [-0.05, 0) is 30.2 Å². The third-order valence-corrected chi connectivity index (χ3v) is 5.28. The first-order valence-corrected chi connectivity index (χ1v) is 9.16. The highest BCUT2D eigenvalue weighted by atomic mass is 32.2. The van der Waals surface area contributed by atoms with Crippen molar-refractivity contribution in [3.05, 3.63) is 59.7 Å². The van der Waals surface area contributed by atoms with Gasteiger partial charge in [0.25, 0.3) is 0 Å². The molecule has 1 aliphatic rings. The van der Waals surface area contributed by atoms with Gasteiger partial charge in [-0.15, -0.1) is 11.8 Å². The SMILES string of the molecule is CCOc1cc([C@H]2NC[C@H](C(=O)O)S2)ccc1OCc1ccccc1. The zero-order valence-electron chi connectivity index (χ0n) is 14.0. The molecule has 132 valence electrons. The Morgan fingerprint density at radius 3 is 2.68 bits per heavy atom. The Labute approximate surface area is 151 Å². The number of nitrogens with one attached hydrogen (secondary N) is 1. The molecular formula is C19H21NO4S. The van der Waals surface area contributed by atoms with E-state index in [1.54, 1.807) is 0 Å². The summed E-state index contributed by atoms with van der Waals surface area (Å²) in [5, 5.41) is 11.9. The smallest absolute Gasteiger partial charge is 0.318 e. The Kier molecular flexibility index (Phi) is 5.83. The Hall–Kier alpha value is -2.18. The van der Waals surface area contributed by atoms with Crippen LogP contribution in [0, 0.1) is 0 Å². The number of hydrogen-bond donors (Lipinski definition) is 2. The first-order valence-electron chi connectivity index (χ1n) is 8.22. The summed E-state index contributed by atoms with van der Waals surface area (Å²) in [6, 6.07) is 15.7. The van der Waals surface area contributed by atoms with Gasteiger partial charge in [-0.3, -0.25) is 10.1 Å². The van der Waals surface area contributed by atoms with E-state index in [0.717, 1.165) is 11.1 Å². The molecular weight excluding hydrogens is 338 g/mol. The molecule has 0 spiro atoms. The molecule has 3 rings (SSSR count). The lowest BCUT2D eigenvalue weighted by Gasteiger charge is -2.16. The molecule has 6 heteroatoms. The van der Waals surface area contributed by atoms with Gasteiger partial charge in [-0.1, -0.05) is 36.4 Å². The first kappa shape index (κ1) is 17.6. The van der Waals surface area contributed by atoms with E-state index < -0.39 is 11.2 Å². The molecule has 0 radical (unpaired) electrons. The van der Waals surface area contributed by atoms with Gasteiger partial charge in [0, 0.05) is 6.54 Å². The second-order valence-corrected chi connectivity index (χ2v) is 6.98. The molecule has 2 N–H and O–H groups in total. The summed E-state index contributed by atoms with van der Waals surface area (Å²) in [7, 11) is 0. The van der Waals surface area contributed by atoms with E-state index >= 15 is 0 Å². The van der Waals surface area contributed by atoms with Crippen molar-refractivity contribution in [3.63, 3.8) is 0 Å². The van der Waals surface area contributed by atoms with Crippen molar-refractivity contribution in [2.75, 3.05) is 13.2 Å². The molecule has 2 atom stereocenters. The number of aliphatic carboxylic acids is 1. The molecule has 25 heavy (non-hydrogen) atoms. The van der Waals surface area contributed by atoms with Crippen LogP contribution in [0.1, 0.15) is 23.4 Å². The summed E-state index contributed by atoms with van der Waals surface area (Å²) in [6.45, 7) is 3.39. The number of benzene rings is 2. The maximum atomic E-state index is 11.1. The third-order valence-electron chi connectivity index (χ3n) is 3.87. The molecule has 2 aromatic rings. The van der Waals surface area contributed by atoms with Crippen LogP contribution >= 0.6 is 11.8 Å². The van der Waals surface area contributed by atoms with Gasteiger partial charge >= 0.3 is 5.97 Å². The van der Waals surface area contributed by atoms with Gasteiger partial charge in [0.1, 0.15) is 11.9 Å².